The van der Waals surface area contributed by atoms with Gasteiger partial charge in [0.1, 0.15) is 17.3 Å². The molecule has 6 heteroatoms. The largest absolute Gasteiger partial charge is 0.494 e. The van der Waals surface area contributed by atoms with Crippen molar-refractivity contribution in [1.82, 2.24) is 7.76 Å². The molecule has 0 bridgehead atoms. The monoisotopic (exact) mass is 485 g/mol. The van der Waals surface area contributed by atoms with Gasteiger partial charge < -0.3 is 9.47 Å². The average molecular weight is 485 g/mol. The van der Waals surface area contributed by atoms with E-state index in [0.717, 1.165) is 51.5 Å². The lowest BCUT2D eigenvalue weighted by atomic mass is 10.1. The number of rotatable bonds is 6. The third-order valence-electron chi connectivity index (χ3n) is 4.67. The van der Waals surface area contributed by atoms with Crippen LogP contribution in [0.5, 0.6) is 11.5 Å². The fourth-order valence-corrected chi connectivity index (χ4v) is 4.06. The third-order valence-corrected chi connectivity index (χ3v) is 5.65. The Morgan fingerprint density at radius 2 is 2.14 bits per heavy atom. The molecule has 1 aliphatic heterocycles. The Morgan fingerprint density at radius 3 is 2.89 bits per heavy atom. The highest BCUT2D eigenvalue weighted by Gasteiger charge is 2.17. The number of aromatic nitrogens is 2. The van der Waals surface area contributed by atoms with Crippen molar-refractivity contribution in [2.45, 2.75) is 13.8 Å². The number of pyridine rings is 1. The molecule has 0 N–H and O–H groups in total. The van der Waals surface area contributed by atoms with E-state index >= 15 is 0 Å². The number of nitrogens with zero attached hydrogens (tertiary/aromatic N) is 3. The molecule has 0 atom stereocenters. The molecule has 28 heavy (non-hydrogen) atoms. The van der Waals surface area contributed by atoms with E-state index < -0.39 is 0 Å². The van der Waals surface area contributed by atoms with E-state index in [4.69, 9.17) is 9.47 Å². The van der Waals surface area contributed by atoms with Gasteiger partial charge in [0.15, 0.2) is 5.65 Å². The Bertz CT molecular complexity index is 1130. The fourth-order valence-electron chi connectivity index (χ4n) is 3.25. The van der Waals surface area contributed by atoms with Gasteiger partial charge in [0.25, 0.3) is 0 Å². The van der Waals surface area contributed by atoms with Crippen molar-refractivity contribution < 1.29 is 9.47 Å². The van der Waals surface area contributed by atoms with Gasteiger partial charge in [0.2, 0.25) is 0 Å². The van der Waals surface area contributed by atoms with Crippen molar-refractivity contribution in [2.75, 3.05) is 13.2 Å². The van der Waals surface area contributed by atoms with Crippen LogP contribution in [0.3, 0.4) is 0 Å². The van der Waals surface area contributed by atoms with E-state index in [1.54, 1.807) is 6.20 Å². The Morgan fingerprint density at radius 1 is 1.29 bits per heavy atom. The normalized spacial score (nSPS) is 13.0. The van der Waals surface area contributed by atoms with Crippen LogP contribution in [-0.4, -0.2) is 27.1 Å². The summed E-state index contributed by atoms with van der Waals surface area (Å²) < 4.78 is 13.9. The second kappa shape index (κ2) is 7.79. The SMILES string of the molecule is C=C(OCC)c1cccc(Oc2ccnc3c2cc(C2=CCN=C2)n3I)c1C. The Labute approximate surface area is 177 Å². The maximum Gasteiger partial charge on any atom is 0.153 e. The number of fused-ring (bicyclic) bond motifs is 1. The van der Waals surface area contributed by atoms with Crippen LogP contribution in [0.2, 0.25) is 0 Å². The summed E-state index contributed by atoms with van der Waals surface area (Å²) in [6, 6.07) is 9.90. The maximum absolute atomic E-state index is 6.32. The van der Waals surface area contributed by atoms with Gasteiger partial charge in [-0.05, 0) is 32.0 Å². The van der Waals surface area contributed by atoms with Crippen LogP contribution in [-0.2, 0) is 4.74 Å². The summed E-state index contributed by atoms with van der Waals surface area (Å²) in [5.41, 5.74) is 4.97. The molecular formula is C22H20IN3O2. The van der Waals surface area contributed by atoms with Gasteiger partial charge in [-0.2, -0.15) is 0 Å². The highest BCUT2D eigenvalue weighted by Crippen LogP contribution is 2.36. The van der Waals surface area contributed by atoms with Crippen LogP contribution in [0.4, 0.5) is 0 Å². The number of allylic oxidation sites excluding steroid dienone is 1. The predicted molar refractivity (Wildman–Crippen MR) is 122 cm³/mol. The van der Waals surface area contributed by atoms with Gasteiger partial charge >= 0.3 is 0 Å². The molecular weight excluding hydrogens is 465 g/mol. The first-order chi connectivity index (χ1) is 13.6. The summed E-state index contributed by atoms with van der Waals surface area (Å²) in [5, 5.41) is 0.960. The van der Waals surface area contributed by atoms with E-state index in [-0.39, 0.29) is 0 Å². The van der Waals surface area contributed by atoms with E-state index in [1.165, 1.54) is 0 Å². The van der Waals surface area contributed by atoms with Gasteiger partial charge in [0, 0.05) is 29.1 Å². The second-order valence-electron chi connectivity index (χ2n) is 6.40. The molecule has 4 rings (SSSR count). The lowest BCUT2D eigenvalue weighted by Crippen LogP contribution is -1.96. The van der Waals surface area contributed by atoms with Crippen molar-refractivity contribution >= 4 is 51.4 Å². The lowest BCUT2D eigenvalue weighted by molar-refractivity contribution is 0.298. The minimum atomic E-state index is 0.583. The summed E-state index contributed by atoms with van der Waals surface area (Å²) in [6.45, 7) is 9.29. The van der Waals surface area contributed by atoms with Crippen molar-refractivity contribution in [3.8, 4) is 11.5 Å². The number of halogens is 1. The van der Waals surface area contributed by atoms with E-state index in [9.17, 15) is 0 Å². The van der Waals surface area contributed by atoms with Gasteiger partial charge in [-0.1, -0.05) is 24.8 Å². The first-order valence-electron chi connectivity index (χ1n) is 9.06. The van der Waals surface area contributed by atoms with Gasteiger partial charge in [-0.25, -0.2) is 4.98 Å². The van der Waals surface area contributed by atoms with Crippen LogP contribution in [0.15, 0.2) is 54.2 Å². The van der Waals surface area contributed by atoms with Gasteiger partial charge in [-0.3, -0.25) is 7.77 Å². The Kier molecular flexibility index (Phi) is 5.21. The number of aliphatic imine (C=N–C) groups is 1. The summed E-state index contributed by atoms with van der Waals surface area (Å²) >= 11 is 2.27. The maximum atomic E-state index is 6.32. The molecule has 0 unspecified atom stereocenters. The van der Waals surface area contributed by atoms with Gasteiger partial charge in [-0.15, -0.1) is 0 Å². The number of ether oxygens (including phenoxy) is 2. The number of benzene rings is 1. The second-order valence-corrected chi connectivity index (χ2v) is 7.36. The quantitative estimate of drug-likeness (QED) is 0.327. The molecule has 1 aromatic carbocycles. The number of hydrogen-bond donors (Lipinski definition) is 0. The van der Waals surface area contributed by atoms with Crippen LogP contribution in [0.1, 0.15) is 23.7 Å². The van der Waals surface area contributed by atoms with Crippen molar-refractivity contribution in [1.29, 1.82) is 0 Å². The molecule has 0 amide bonds. The average Bonchev–Trinajstić information content (AvgIpc) is 3.32. The molecule has 0 saturated carbocycles. The standard InChI is InChI=1S/C22H20IN3O2/c1-4-27-15(3)17-6-5-7-20(14(17)2)28-21-9-11-25-22-18(21)12-19(26(22)23)16-8-10-24-13-16/h5-9,11-13H,3-4,10H2,1-2H3. The topological polar surface area (TPSA) is 48.6 Å². The minimum Gasteiger partial charge on any atom is -0.494 e. The zero-order valence-corrected chi connectivity index (χ0v) is 17.9. The molecule has 0 saturated heterocycles. The zero-order chi connectivity index (χ0) is 19.7. The summed E-state index contributed by atoms with van der Waals surface area (Å²) in [6.07, 6.45) is 5.78. The summed E-state index contributed by atoms with van der Waals surface area (Å²) in [4.78, 5) is 8.83. The Balaban J connectivity index is 1.75. The molecule has 1 aliphatic rings. The van der Waals surface area contributed by atoms with E-state index in [0.29, 0.717) is 12.4 Å². The van der Waals surface area contributed by atoms with Crippen LogP contribution < -0.4 is 4.74 Å². The molecule has 142 valence electrons. The fraction of sp³-hybridized carbons (Fsp3) is 0.182. The predicted octanol–water partition coefficient (Wildman–Crippen LogP) is 5.81. The lowest BCUT2D eigenvalue weighted by Gasteiger charge is -2.14. The number of hydrogen-bond acceptors (Lipinski definition) is 4. The van der Waals surface area contributed by atoms with Crippen LogP contribution in [0.25, 0.3) is 22.4 Å². The molecule has 5 nitrogen and oxygen atoms in total. The summed E-state index contributed by atoms with van der Waals surface area (Å²) in [5.74, 6) is 2.19. The highest BCUT2D eigenvalue weighted by atomic mass is 127. The molecule has 3 aromatic rings. The third kappa shape index (κ3) is 3.32. The smallest absolute Gasteiger partial charge is 0.153 e. The highest BCUT2D eigenvalue weighted by molar-refractivity contribution is 14.1. The van der Waals surface area contributed by atoms with Crippen molar-refractivity contribution in [2.24, 2.45) is 4.99 Å². The minimum absolute atomic E-state index is 0.583. The first kappa shape index (κ1) is 18.7. The zero-order valence-electron chi connectivity index (χ0n) is 15.8. The summed E-state index contributed by atoms with van der Waals surface area (Å²) in [7, 11) is 0. The van der Waals surface area contributed by atoms with E-state index in [2.05, 4.69) is 51.6 Å². The van der Waals surface area contributed by atoms with Crippen LogP contribution in [0, 0.1) is 6.92 Å². The first-order valence-corrected chi connectivity index (χ1v) is 10.0. The molecule has 2 aromatic heterocycles. The van der Waals surface area contributed by atoms with Crippen molar-refractivity contribution in [3.63, 3.8) is 0 Å². The van der Waals surface area contributed by atoms with Crippen LogP contribution >= 0.6 is 22.9 Å². The molecule has 0 radical (unpaired) electrons. The Hall–Kier alpha value is -2.61. The van der Waals surface area contributed by atoms with Gasteiger partial charge in [0.05, 0.1) is 47.1 Å². The molecule has 0 spiro atoms. The van der Waals surface area contributed by atoms with Crippen molar-refractivity contribution in [3.05, 3.63) is 66.0 Å². The van der Waals surface area contributed by atoms with E-state index in [1.807, 2.05) is 47.1 Å². The molecule has 0 fully saturated rings. The molecule has 3 heterocycles. The molecule has 0 aliphatic carbocycles.